The van der Waals surface area contributed by atoms with E-state index in [2.05, 4.69) is 19.1 Å². The van der Waals surface area contributed by atoms with Crippen molar-refractivity contribution in [2.24, 2.45) is 0 Å². The molecule has 0 aliphatic carbocycles. The van der Waals surface area contributed by atoms with Gasteiger partial charge in [-0.25, -0.2) is 0 Å². The Balaban J connectivity index is 0.00000253. The van der Waals surface area contributed by atoms with Crippen LogP contribution in [0.25, 0.3) is 11.3 Å². The molecule has 3 aliphatic rings. The number of carboxylic acids is 1. The molecule has 1 amide bonds. The molecule has 0 saturated heterocycles. The Morgan fingerprint density at radius 1 is 1.00 bits per heavy atom. The summed E-state index contributed by atoms with van der Waals surface area (Å²) in [6.07, 6.45) is 3.35. The molecule has 1 atom stereocenters. The zero-order valence-electron chi connectivity index (χ0n) is 20.0. The summed E-state index contributed by atoms with van der Waals surface area (Å²) in [6, 6.07) is 13.5. The smallest absolute Gasteiger partial charge is 0.545 e. The summed E-state index contributed by atoms with van der Waals surface area (Å²) < 4.78 is 13.3. The van der Waals surface area contributed by atoms with E-state index in [4.69, 9.17) is 9.47 Å². The Morgan fingerprint density at radius 3 is 2.51 bits per heavy atom. The number of rotatable bonds is 3. The third kappa shape index (κ3) is 3.93. The predicted molar refractivity (Wildman–Crippen MR) is 123 cm³/mol. The molecule has 4 heterocycles. The van der Waals surface area contributed by atoms with Crippen LogP contribution in [0.1, 0.15) is 57.3 Å². The molecule has 0 radical (unpaired) electrons. The minimum Gasteiger partial charge on any atom is -0.545 e. The van der Waals surface area contributed by atoms with Gasteiger partial charge in [-0.3, -0.25) is 4.79 Å². The third-order valence-corrected chi connectivity index (χ3v) is 7.26. The van der Waals surface area contributed by atoms with Crippen molar-refractivity contribution in [1.82, 2.24) is 9.47 Å². The van der Waals surface area contributed by atoms with Crippen molar-refractivity contribution >= 4 is 11.9 Å². The second-order valence-corrected chi connectivity index (χ2v) is 9.29. The van der Waals surface area contributed by atoms with Crippen LogP contribution in [-0.2, 0) is 25.9 Å². The molecule has 3 aromatic rings. The fraction of sp³-hybridized carbons (Fsp3) is 0.333. The van der Waals surface area contributed by atoms with Gasteiger partial charge in [-0.15, -0.1) is 0 Å². The molecular formula is C27H25LiN2O5. The van der Waals surface area contributed by atoms with Crippen molar-refractivity contribution in [2.75, 3.05) is 6.79 Å². The van der Waals surface area contributed by atoms with Crippen molar-refractivity contribution in [1.29, 1.82) is 0 Å². The number of carbonyl (C=O) groups is 2. The monoisotopic (exact) mass is 464 g/mol. The van der Waals surface area contributed by atoms with Crippen LogP contribution in [0.4, 0.5) is 0 Å². The molecule has 0 N–H and O–H groups in total. The van der Waals surface area contributed by atoms with Crippen LogP contribution in [0.5, 0.6) is 11.5 Å². The number of aromatic nitrogens is 1. The van der Waals surface area contributed by atoms with Gasteiger partial charge in [0.15, 0.2) is 11.5 Å². The average Bonchev–Trinajstić information content (AvgIpc) is 3.46. The number of aromatic carboxylic acids is 1. The first-order valence-electron chi connectivity index (χ1n) is 11.8. The molecule has 0 saturated carbocycles. The number of carbonyl (C=O) groups excluding carboxylic acids is 2. The summed E-state index contributed by atoms with van der Waals surface area (Å²) in [5.74, 6) is -0.198. The van der Waals surface area contributed by atoms with Crippen LogP contribution >= 0.6 is 0 Å². The molecule has 7 nitrogen and oxygen atoms in total. The summed E-state index contributed by atoms with van der Waals surface area (Å²) in [7, 11) is 0. The van der Waals surface area contributed by atoms with Crippen molar-refractivity contribution < 1.29 is 43.0 Å². The summed E-state index contributed by atoms with van der Waals surface area (Å²) in [5, 5.41) is 11.9. The summed E-state index contributed by atoms with van der Waals surface area (Å²) in [4.78, 5) is 27.8. The Labute approximate surface area is 215 Å². The zero-order chi connectivity index (χ0) is 23.4. The minimum absolute atomic E-state index is 0. The molecule has 6 rings (SSSR count). The number of benzene rings is 2. The number of ether oxygens (including phenoxy) is 2. The Morgan fingerprint density at radius 2 is 1.74 bits per heavy atom. The van der Waals surface area contributed by atoms with Crippen LogP contribution < -0.4 is 33.4 Å². The Kier molecular flexibility index (Phi) is 6.16. The van der Waals surface area contributed by atoms with E-state index in [1.807, 2.05) is 27.7 Å². The first-order chi connectivity index (χ1) is 16.5. The first kappa shape index (κ1) is 23.6. The summed E-state index contributed by atoms with van der Waals surface area (Å²) >= 11 is 0. The maximum absolute atomic E-state index is 14.0. The van der Waals surface area contributed by atoms with Crippen LogP contribution in [-0.4, -0.2) is 34.2 Å². The summed E-state index contributed by atoms with van der Waals surface area (Å²) in [5.41, 5.74) is 5.24. The van der Waals surface area contributed by atoms with Gasteiger partial charge < -0.3 is 28.8 Å². The molecule has 3 aliphatic heterocycles. The maximum Gasteiger partial charge on any atom is 1.00 e. The van der Waals surface area contributed by atoms with Gasteiger partial charge in [0.2, 0.25) is 6.79 Å². The van der Waals surface area contributed by atoms with E-state index >= 15 is 0 Å². The Hall–Kier alpha value is -3.14. The van der Waals surface area contributed by atoms with Gasteiger partial charge >= 0.3 is 18.9 Å². The van der Waals surface area contributed by atoms with Gasteiger partial charge in [0, 0.05) is 41.6 Å². The van der Waals surface area contributed by atoms with Crippen molar-refractivity contribution in [3.05, 3.63) is 70.4 Å². The van der Waals surface area contributed by atoms with Gasteiger partial charge in [-0.2, -0.15) is 0 Å². The van der Waals surface area contributed by atoms with Gasteiger partial charge in [-0.1, -0.05) is 24.3 Å². The van der Waals surface area contributed by atoms with Crippen LogP contribution in [0, 0.1) is 0 Å². The van der Waals surface area contributed by atoms with Crippen LogP contribution in [0.3, 0.4) is 0 Å². The van der Waals surface area contributed by atoms with Gasteiger partial charge in [0.1, 0.15) is 0 Å². The molecular weight excluding hydrogens is 439 g/mol. The topological polar surface area (TPSA) is 83.8 Å². The molecule has 35 heavy (non-hydrogen) atoms. The number of hydrogen-bond acceptors (Lipinski definition) is 5. The van der Waals surface area contributed by atoms with Gasteiger partial charge in [0.05, 0.1) is 11.5 Å². The van der Waals surface area contributed by atoms with E-state index in [0.29, 0.717) is 47.8 Å². The van der Waals surface area contributed by atoms with E-state index in [0.717, 1.165) is 30.5 Å². The number of hydrogen-bond donors (Lipinski definition) is 0. The molecule has 0 bridgehead atoms. The normalized spacial score (nSPS) is 17.9. The molecule has 2 aromatic carbocycles. The molecule has 0 fully saturated rings. The van der Waals surface area contributed by atoms with E-state index in [-0.39, 0.29) is 43.2 Å². The van der Waals surface area contributed by atoms with E-state index in [1.54, 1.807) is 12.1 Å². The molecule has 0 spiro atoms. The first-order valence-corrected chi connectivity index (χ1v) is 11.8. The molecule has 1 aromatic heterocycles. The molecule has 174 valence electrons. The number of carboxylic acid groups (broad SMARTS) is 1. The Bertz CT molecular complexity index is 1330. The quantitative estimate of drug-likeness (QED) is 0.517. The molecule has 0 unspecified atom stereocenters. The van der Waals surface area contributed by atoms with Crippen molar-refractivity contribution in [3.8, 4) is 22.8 Å². The third-order valence-electron chi connectivity index (χ3n) is 7.26. The fourth-order valence-corrected chi connectivity index (χ4v) is 5.51. The van der Waals surface area contributed by atoms with Gasteiger partial charge in [-0.05, 0) is 61.9 Å². The standard InChI is InChI=1S/C27H26N2O5.Li/c1-16-10-17-6-2-3-7-18(17)14-29(16)26(30)20-13-25-24(33-15-34-25)12-19(20)23-11-21(27(31)32)22-8-4-5-9-28(22)23;/h2-3,6-7,11-13,16H,4-5,8-10,14-15H2,1H3,(H,31,32);/q;+1/p-1/t16-;/m1./s1. The van der Waals surface area contributed by atoms with E-state index < -0.39 is 5.97 Å². The van der Waals surface area contributed by atoms with Gasteiger partial charge in [0.25, 0.3) is 5.91 Å². The largest absolute Gasteiger partial charge is 1.00 e. The summed E-state index contributed by atoms with van der Waals surface area (Å²) in [6.45, 7) is 3.39. The van der Waals surface area contributed by atoms with Crippen molar-refractivity contribution in [2.45, 2.75) is 51.7 Å². The maximum atomic E-state index is 14.0. The van der Waals surface area contributed by atoms with E-state index in [1.165, 1.54) is 5.56 Å². The number of amides is 1. The predicted octanol–water partition coefficient (Wildman–Crippen LogP) is 0.175. The van der Waals surface area contributed by atoms with Crippen LogP contribution in [0.15, 0.2) is 42.5 Å². The van der Waals surface area contributed by atoms with Crippen LogP contribution in [0.2, 0.25) is 0 Å². The van der Waals surface area contributed by atoms with E-state index in [9.17, 15) is 14.7 Å². The second-order valence-electron chi connectivity index (χ2n) is 9.29. The SMILES string of the molecule is C[C@@H]1Cc2ccccc2CN1C(=O)c1cc2c(cc1-c1cc(C(=O)[O-])c3n1CCCC3)OCO2.[Li+]. The minimum atomic E-state index is -1.19. The zero-order valence-corrected chi connectivity index (χ0v) is 20.0. The number of fused-ring (bicyclic) bond motifs is 3. The average molecular weight is 464 g/mol. The second kappa shape index (κ2) is 9.14. The fourth-order valence-electron chi connectivity index (χ4n) is 5.51. The molecule has 8 heteroatoms. The number of nitrogens with zero attached hydrogens (tertiary/aromatic N) is 2. The van der Waals surface area contributed by atoms with Crippen molar-refractivity contribution in [3.63, 3.8) is 0 Å².